The Kier molecular flexibility index (Phi) is 5.72. The van der Waals surface area contributed by atoms with Crippen molar-refractivity contribution >= 4 is 11.6 Å². The van der Waals surface area contributed by atoms with Crippen LogP contribution >= 0.6 is 0 Å². The maximum absolute atomic E-state index is 14.5. The number of carbonyl (C=O) groups excluding carboxylic acids is 2. The van der Waals surface area contributed by atoms with Gasteiger partial charge in [0.2, 0.25) is 5.70 Å². The summed E-state index contributed by atoms with van der Waals surface area (Å²) in [6.45, 7) is 23.6. The van der Waals surface area contributed by atoms with Gasteiger partial charge < -0.3 is 4.79 Å². The predicted molar refractivity (Wildman–Crippen MR) is 147 cm³/mol. The highest BCUT2D eigenvalue weighted by Crippen LogP contribution is 2.73. The van der Waals surface area contributed by atoms with Crippen molar-refractivity contribution in [3.8, 4) is 0 Å². The zero-order valence-electron chi connectivity index (χ0n) is 24.5. The first-order valence-corrected chi connectivity index (χ1v) is 14.3. The Bertz CT molecular complexity index is 1160. The molecule has 5 aliphatic carbocycles. The molecule has 0 amide bonds. The van der Waals surface area contributed by atoms with Gasteiger partial charge in [-0.25, -0.2) is 10.3 Å². The minimum Gasteiger partial charge on any atom is -0.307 e. The maximum atomic E-state index is 14.5. The lowest BCUT2D eigenvalue weighted by molar-refractivity contribution is -0.166. The van der Waals surface area contributed by atoms with E-state index in [0.29, 0.717) is 0 Å². The summed E-state index contributed by atoms with van der Waals surface area (Å²) >= 11 is 0. The molecule has 3 fully saturated rings. The number of fused-ring (bicyclic) bond motifs is 7. The zero-order valence-corrected chi connectivity index (χ0v) is 24.5. The summed E-state index contributed by atoms with van der Waals surface area (Å²) in [5, 5.41) is 2.11. The molecule has 5 rings (SSSR count). The fourth-order valence-corrected chi connectivity index (χ4v) is 10.2. The number of hydrogen-bond acceptors (Lipinski definition) is 4. The van der Waals surface area contributed by atoms with Crippen molar-refractivity contribution in [3.63, 3.8) is 0 Å². The largest absolute Gasteiger partial charge is 0.307 e. The molecular weight excluding hydrogens is 458 g/mol. The van der Waals surface area contributed by atoms with E-state index in [9.17, 15) is 9.59 Å². The van der Waals surface area contributed by atoms with Crippen LogP contribution in [0.4, 0.5) is 0 Å². The van der Waals surface area contributed by atoms with E-state index in [-0.39, 0.29) is 56.8 Å². The van der Waals surface area contributed by atoms with Crippen molar-refractivity contribution in [1.82, 2.24) is 10.4 Å². The molecule has 0 radical (unpaired) electrons. The van der Waals surface area contributed by atoms with E-state index in [0.717, 1.165) is 38.5 Å². The number of carbonyl (C=O) groups is 2. The van der Waals surface area contributed by atoms with Gasteiger partial charge in [0.15, 0.2) is 11.6 Å². The van der Waals surface area contributed by atoms with Gasteiger partial charge >= 0.3 is 0 Å². The smallest absolute Gasteiger partial charge is 0.226 e. The molecule has 5 nitrogen and oxygen atoms in total. The van der Waals surface area contributed by atoms with Crippen molar-refractivity contribution in [2.24, 2.45) is 44.8 Å². The highest BCUT2D eigenvalue weighted by molar-refractivity contribution is 6.03. The van der Waals surface area contributed by atoms with Gasteiger partial charge in [-0.3, -0.25) is 9.80 Å². The number of hydrogen-bond donors (Lipinski definition) is 1. The van der Waals surface area contributed by atoms with Gasteiger partial charge in [0.05, 0.1) is 6.57 Å². The fourth-order valence-electron chi connectivity index (χ4n) is 10.2. The molecule has 0 aliphatic heterocycles. The lowest BCUT2D eigenvalue weighted by Gasteiger charge is -2.69. The molecule has 0 spiro atoms. The quantitative estimate of drug-likeness (QED) is 0.350. The molecule has 0 heterocycles. The van der Waals surface area contributed by atoms with Crippen molar-refractivity contribution in [3.05, 3.63) is 34.8 Å². The van der Waals surface area contributed by atoms with Gasteiger partial charge in [-0.05, 0) is 79.1 Å². The SMILES string of the molecule is [C-]#[N+]C1=C[C@]2(C)C3=CC(=O)[C@@H]4[C@@H]5CC(C)(C)CC[C@]5(NN(C)C)CC[C@@]4(C)[C@]3(C)CC[C@H]2C(C)(C)C1=O. The molecule has 37 heavy (non-hydrogen) atoms. The summed E-state index contributed by atoms with van der Waals surface area (Å²) in [6, 6.07) is 0. The van der Waals surface area contributed by atoms with Gasteiger partial charge in [0.25, 0.3) is 0 Å². The van der Waals surface area contributed by atoms with Crippen LogP contribution < -0.4 is 5.43 Å². The molecule has 0 aromatic carbocycles. The third kappa shape index (κ3) is 3.40. The zero-order chi connectivity index (χ0) is 27.4. The first-order chi connectivity index (χ1) is 17.0. The second-order valence-corrected chi connectivity index (χ2v) is 15.4. The van der Waals surface area contributed by atoms with E-state index in [1.807, 2.05) is 26.0 Å². The predicted octanol–water partition coefficient (Wildman–Crippen LogP) is 6.38. The van der Waals surface area contributed by atoms with Gasteiger partial charge in [-0.2, -0.15) is 0 Å². The van der Waals surface area contributed by atoms with Crippen LogP contribution in [0, 0.1) is 51.4 Å². The lowest BCUT2D eigenvalue weighted by atomic mass is 9.35. The van der Waals surface area contributed by atoms with E-state index in [1.54, 1.807) is 0 Å². The fraction of sp³-hybridized carbons (Fsp3) is 0.781. The van der Waals surface area contributed by atoms with Crippen LogP contribution in [0.1, 0.15) is 93.4 Å². The van der Waals surface area contributed by atoms with Gasteiger partial charge in [-0.15, -0.1) is 0 Å². The van der Waals surface area contributed by atoms with E-state index >= 15 is 0 Å². The topological polar surface area (TPSA) is 53.8 Å². The molecule has 0 saturated heterocycles. The molecule has 3 saturated carbocycles. The highest BCUT2D eigenvalue weighted by atomic mass is 16.1. The summed E-state index contributed by atoms with van der Waals surface area (Å²) in [6.07, 6.45) is 11.3. The number of hydrazine groups is 1. The van der Waals surface area contributed by atoms with E-state index in [1.165, 1.54) is 12.0 Å². The summed E-state index contributed by atoms with van der Waals surface area (Å²) in [5.41, 5.74) is 4.08. The Morgan fingerprint density at radius 2 is 1.62 bits per heavy atom. The van der Waals surface area contributed by atoms with Crippen LogP contribution in [0.25, 0.3) is 4.85 Å². The summed E-state index contributed by atoms with van der Waals surface area (Å²) in [5.74, 6) is 0.587. The average Bonchev–Trinajstić information content (AvgIpc) is 2.78. The molecule has 5 aliphatic rings. The van der Waals surface area contributed by atoms with E-state index in [2.05, 4.69) is 64.0 Å². The Hall–Kier alpha value is -1.77. The monoisotopic (exact) mass is 505 g/mol. The maximum Gasteiger partial charge on any atom is 0.226 e. The third-order valence-corrected chi connectivity index (χ3v) is 12.3. The number of nitrogens with zero attached hydrogens (tertiary/aromatic N) is 2. The molecule has 202 valence electrons. The summed E-state index contributed by atoms with van der Waals surface area (Å²) in [4.78, 5) is 31.4. The van der Waals surface area contributed by atoms with Crippen LogP contribution in [-0.4, -0.2) is 36.2 Å². The van der Waals surface area contributed by atoms with E-state index < -0.39 is 10.8 Å². The van der Waals surface area contributed by atoms with Crippen molar-refractivity contribution < 1.29 is 9.59 Å². The Balaban J connectivity index is 1.68. The second kappa shape index (κ2) is 7.89. The number of Topliss-reactive ketones (excluding diaryl/α,β-unsaturated/α-hetero) is 1. The molecule has 0 unspecified atom stereocenters. The van der Waals surface area contributed by atoms with Crippen LogP contribution in [0.3, 0.4) is 0 Å². The first kappa shape index (κ1) is 26.8. The van der Waals surface area contributed by atoms with Crippen LogP contribution in [0.5, 0.6) is 0 Å². The van der Waals surface area contributed by atoms with Crippen molar-refractivity contribution in [2.45, 2.75) is 99.0 Å². The average molecular weight is 506 g/mol. The Labute approximate surface area is 224 Å². The van der Waals surface area contributed by atoms with E-state index in [4.69, 9.17) is 6.57 Å². The van der Waals surface area contributed by atoms with Gasteiger partial charge in [0, 0.05) is 36.4 Å². The van der Waals surface area contributed by atoms with Crippen LogP contribution in [-0.2, 0) is 9.59 Å². The van der Waals surface area contributed by atoms with Crippen molar-refractivity contribution in [2.75, 3.05) is 14.1 Å². The molecule has 0 aromatic heterocycles. The van der Waals surface area contributed by atoms with Crippen molar-refractivity contribution in [1.29, 1.82) is 0 Å². The minimum absolute atomic E-state index is 0.0234. The molecule has 5 heteroatoms. The number of allylic oxidation sites excluding steroid dienone is 4. The summed E-state index contributed by atoms with van der Waals surface area (Å²) < 4.78 is 0. The number of nitrogens with one attached hydrogen (secondary N) is 1. The first-order valence-electron chi connectivity index (χ1n) is 14.3. The molecule has 0 aromatic rings. The molecule has 7 atom stereocenters. The summed E-state index contributed by atoms with van der Waals surface area (Å²) in [7, 11) is 4.16. The van der Waals surface area contributed by atoms with Crippen LogP contribution in [0.15, 0.2) is 23.4 Å². The normalized spacial score (nSPS) is 46.0. The molecule has 0 bridgehead atoms. The molecule has 1 N–H and O–H groups in total. The third-order valence-electron chi connectivity index (χ3n) is 12.3. The molecular formula is C32H47N3O2. The lowest BCUT2D eigenvalue weighted by Crippen LogP contribution is -2.70. The van der Waals surface area contributed by atoms with Gasteiger partial charge in [-0.1, -0.05) is 60.1 Å². The van der Waals surface area contributed by atoms with Gasteiger partial charge in [0.1, 0.15) is 0 Å². The Morgan fingerprint density at radius 3 is 2.24 bits per heavy atom. The number of ketones is 2. The Morgan fingerprint density at radius 1 is 0.973 bits per heavy atom. The second-order valence-electron chi connectivity index (χ2n) is 15.4. The minimum atomic E-state index is -0.614. The van der Waals surface area contributed by atoms with Crippen LogP contribution in [0.2, 0.25) is 0 Å². The number of rotatable bonds is 2. The highest BCUT2D eigenvalue weighted by Gasteiger charge is 2.69. The standard InChI is InChI=1S/C32H47N3O2/c1-27(2)13-15-32(34-35(9)10)16-14-31(7)25(20(32)18-27)22(36)17-24-29(5)19-21(33-8)26(37)28(3,4)23(29)11-12-30(24,31)6/h17,19-20,23,25,34H,11-16,18H2,1-7,9-10H3/t20-,23-,25-,29-,30+,31+,32-/m0/s1.